The number of rotatable bonds is 8. The van der Waals surface area contributed by atoms with Gasteiger partial charge in [0.25, 0.3) is 11.8 Å². The fourth-order valence-corrected chi connectivity index (χ4v) is 2.80. The Morgan fingerprint density at radius 1 is 0.710 bits per heavy atom. The number of nitrogens with one attached hydrogen (secondary N) is 2. The third-order valence-corrected chi connectivity index (χ3v) is 4.36. The van der Waals surface area contributed by atoms with Gasteiger partial charge in [-0.2, -0.15) is 0 Å². The Kier molecular flexibility index (Phi) is 7.65. The second kappa shape index (κ2) is 10.8. The lowest BCUT2D eigenvalue weighted by Crippen LogP contribution is -2.41. The second-order valence-electron chi connectivity index (χ2n) is 7.38. The van der Waals surface area contributed by atoms with Gasteiger partial charge < -0.3 is 9.47 Å². The van der Waals surface area contributed by atoms with Gasteiger partial charge in [0.2, 0.25) is 0 Å². The molecule has 6 heteroatoms. The van der Waals surface area contributed by atoms with Crippen LogP contribution in [0.25, 0.3) is 0 Å². The zero-order valence-electron chi connectivity index (χ0n) is 17.6. The number of hydrazine groups is 1. The van der Waals surface area contributed by atoms with Crippen molar-refractivity contribution in [3.05, 3.63) is 95.6 Å². The van der Waals surface area contributed by atoms with Crippen LogP contribution in [0.1, 0.15) is 40.1 Å². The molecule has 0 aliphatic rings. The van der Waals surface area contributed by atoms with E-state index in [-0.39, 0.29) is 0 Å². The lowest BCUT2D eigenvalue weighted by molar-refractivity contribution is 0.0841. The van der Waals surface area contributed by atoms with Crippen LogP contribution >= 0.6 is 0 Å². The van der Waals surface area contributed by atoms with Gasteiger partial charge in [0, 0.05) is 0 Å². The molecule has 31 heavy (non-hydrogen) atoms. The summed E-state index contributed by atoms with van der Waals surface area (Å²) in [6.07, 6.45) is 0. The molecule has 0 aromatic heterocycles. The van der Waals surface area contributed by atoms with Gasteiger partial charge in [-0.05, 0) is 35.7 Å². The number of carbonyl (C=O) groups excluding carboxylic acids is 2. The molecule has 0 aliphatic carbocycles. The number of benzene rings is 3. The van der Waals surface area contributed by atoms with Gasteiger partial charge in [0.15, 0.2) is 0 Å². The minimum atomic E-state index is -0.474. The molecule has 0 atom stereocenters. The summed E-state index contributed by atoms with van der Waals surface area (Å²) in [7, 11) is 0. The molecule has 0 spiro atoms. The number of hydrogen-bond donors (Lipinski definition) is 2. The van der Waals surface area contributed by atoms with Crippen LogP contribution < -0.4 is 20.3 Å². The third kappa shape index (κ3) is 6.34. The van der Waals surface area contributed by atoms with Gasteiger partial charge in [-0.3, -0.25) is 20.4 Å². The monoisotopic (exact) mass is 418 g/mol. The van der Waals surface area contributed by atoms with Gasteiger partial charge in [-0.1, -0.05) is 68.4 Å². The maximum atomic E-state index is 12.7. The summed E-state index contributed by atoms with van der Waals surface area (Å²) < 4.78 is 11.5. The Morgan fingerprint density at radius 3 is 1.74 bits per heavy atom. The first kappa shape index (κ1) is 21.9. The van der Waals surface area contributed by atoms with E-state index in [1.54, 1.807) is 48.5 Å². The zero-order chi connectivity index (χ0) is 22.1. The highest BCUT2D eigenvalue weighted by Gasteiger charge is 2.16. The van der Waals surface area contributed by atoms with E-state index >= 15 is 0 Å². The van der Waals surface area contributed by atoms with Gasteiger partial charge in [0.1, 0.15) is 18.1 Å². The summed E-state index contributed by atoms with van der Waals surface area (Å²) in [4.78, 5) is 25.3. The molecule has 2 N–H and O–H groups in total. The summed E-state index contributed by atoms with van der Waals surface area (Å²) in [5, 5.41) is 0. The maximum absolute atomic E-state index is 12.7. The van der Waals surface area contributed by atoms with E-state index in [1.165, 1.54) is 0 Å². The highest BCUT2D eigenvalue weighted by molar-refractivity contribution is 6.01. The van der Waals surface area contributed by atoms with Crippen LogP contribution in [-0.2, 0) is 6.61 Å². The zero-order valence-corrected chi connectivity index (χ0v) is 17.6. The van der Waals surface area contributed by atoms with Crippen LogP contribution in [0, 0.1) is 5.92 Å². The fraction of sp³-hybridized carbons (Fsp3) is 0.200. The van der Waals surface area contributed by atoms with Gasteiger partial charge in [0.05, 0.1) is 17.7 Å². The van der Waals surface area contributed by atoms with E-state index in [2.05, 4.69) is 10.9 Å². The van der Waals surface area contributed by atoms with Crippen LogP contribution in [0.4, 0.5) is 0 Å². The highest BCUT2D eigenvalue weighted by atomic mass is 16.5. The molecule has 3 aromatic carbocycles. The highest BCUT2D eigenvalue weighted by Crippen LogP contribution is 2.20. The van der Waals surface area contributed by atoms with E-state index in [4.69, 9.17) is 9.47 Å². The first-order valence-corrected chi connectivity index (χ1v) is 10.1. The number of ether oxygens (including phenoxy) is 2. The third-order valence-electron chi connectivity index (χ3n) is 4.36. The van der Waals surface area contributed by atoms with E-state index in [0.29, 0.717) is 41.8 Å². The minimum Gasteiger partial charge on any atom is -0.492 e. The van der Waals surface area contributed by atoms with Gasteiger partial charge in [-0.25, -0.2) is 0 Å². The molecule has 0 bridgehead atoms. The number of hydrogen-bond acceptors (Lipinski definition) is 4. The van der Waals surface area contributed by atoms with Crippen molar-refractivity contribution in [2.75, 3.05) is 6.61 Å². The second-order valence-corrected chi connectivity index (χ2v) is 7.38. The summed E-state index contributed by atoms with van der Waals surface area (Å²) in [5.41, 5.74) is 6.56. The van der Waals surface area contributed by atoms with Crippen molar-refractivity contribution in [3.63, 3.8) is 0 Å². The number of amides is 2. The lowest BCUT2D eigenvalue weighted by atomic mass is 10.2. The first-order chi connectivity index (χ1) is 15.0. The molecule has 0 fully saturated rings. The minimum absolute atomic E-state index is 0.322. The molecule has 6 nitrogen and oxygen atoms in total. The van der Waals surface area contributed by atoms with Crippen molar-refractivity contribution in [2.45, 2.75) is 20.5 Å². The van der Waals surface area contributed by atoms with Crippen LogP contribution in [-0.4, -0.2) is 18.4 Å². The lowest BCUT2D eigenvalue weighted by Gasteiger charge is -2.14. The van der Waals surface area contributed by atoms with E-state index in [9.17, 15) is 9.59 Å². The predicted octanol–water partition coefficient (Wildman–Crippen LogP) is 4.38. The molecule has 2 amide bonds. The van der Waals surface area contributed by atoms with Crippen LogP contribution in [0.5, 0.6) is 11.5 Å². The SMILES string of the molecule is CC(C)COc1ccccc1C(=O)NNC(=O)c1ccccc1OCc1ccccc1. The van der Waals surface area contributed by atoms with Crippen molar-refractivity contribution < 1.29 is 19.1 Å². The van der Waals surface area contributed by atoms with E-state index < -0.39 is 11.8 Å². The Bertz CT molecular complexity index is 1020. The Morgan fingerprint density at radius 2 is 1.19 bits per heavy atom. The van der Waals surface area contributed by atoms with E-state index in [1.807, 2.05) is 44.2 Å². The van der Waals surface area contributed by atoms with Crippen molar-refractivity contribution in [3.8, 4) is 11.5 Å². The molecule has 3 rings (SSSR count). The standard InChI is InChI=1S/C25H26N2O4/c1-18(2)16-30-22-14-8-6-12-20(22)24(28)26-27-25(29)21-13-7-9-15-23(21)31-17-19-10-4-3-5-11-19/h3-15,18H,16-17H2,1-2H3,(H,26,28)(H,27,29). The van der Waals surface area contributed by atoms with Gasteiger partial charge in [-0.15, -0.1) is 0 Å². The Balaban J connectivity index is 1.63. The average Bonchev–Trinajstić information content (AvgIpc) is 2.80. The summed E-state index contributed by atoms with van der Waals surface area (Å²) in [6, 6.07) is 23.5. The predicted molar refractivity (Wildman–Crippen MR) is 119 cm³/mol. The largest absolute Gasteiger partial charge is 0.492 e. The number of para-hydroxylation sites is 2. The fourth-order valence-electron chi connectivity index (χ4n) is 2.80. The maximum Gasteiger partial charge on any atom is 0.273 e. The molecule has 0 unspecified atom stereocenters. The molecule has 0 aliphatic heterocycles. The molecule has 0 heterocycles. The van der Waals surface area contributed by atoms with Crippen molar-refractivity contribution in [1.82, 2.24) is 10.9 Å². The van der Waals surface area contributed by atoms with Gasteiger partial charge >= 0.3 is 0 Å². The molecular weight excluding hydrogens is 392 g/mol. The van der Waals surface area contributed by atoms with Crippen molar-refractivity contribution in [1.29, 1.82) is 0 Å². The number of carbonyl (C=O) groups is 2. The molecular formula is C25H26N2O4. The Hall–Kier alpha value is -3.80. The normalized spacial score (nSPS) is 10.4. The average molecular weight is 418 g/mol. The summed E-state index contributed by atoms with van der Waals surface area (Å²) in [5.74, 6) is 0.282. The van der Waals surface area contributed by atoms with Crippen LogP contribution in [0.3, 0.4) is 0 Å². The summed E-state index contributed by atoms with van der Waals surface area (Å²) >= 11 is 0. The molecule has 0 saturated carbocycles. The molecule has 160 valence electrons. The van der Waals surface area contributed by atoms with Crippen LogP contribution in [0.2, 0.25) is 0 Å². The van der Waals surface area contributed by atoms with E-state index in [0.717, 1.165) is 5.56 Å². The smallest absolute Gasteiger partial charge is 0.273 e. The van der Waals surface area contributed by atoms with Crippen molar-refractivity contribution >= 4 is 11.8 Å². The van der Waals surface area contributed by atoms with Crippen LogP contribution in [0.15, 0.2) is 78.9 Å². The molecule has 0 radical (unpaired) electrons. The topological polar surface area (TPSA) is 76.7 Å². The molecule has 3 aromatic rings. The first-order valence-electron chi connectivity index (χ1n) is 10.1. The molecule has 0 saturated heterocycles. The summed E-state index contributed by atoms with van der Waals surface area (Å²) in [6.45, 7) is 4.88. The Labute approximate surface area is 182 Å². The van der Waals surface area contributed by atoms with Crippen molar-refractivity contribution in [2.24, 2.45) is 5.92 Å². The quantitative estimate of drug-likeness (QED) is 0.533.